The van der Waals surface area contributed by atoms with Gasteiger partial charge >= 0.3 is 0 Å². The SMILES string of the molecule is Cc1nc(CN2CCN(C(=O)C3CCCN3C(=O)C3CCCCC3)CC2)cs1. The highest BCUT2D eigenvalue weighted by Crippen LogP contribution is 2.29. The summed E-state index contributed by atoms with van der Waals surface area (Å²) in [6.45, 7) is 6.93. The molecule has 7 heteroatoms. The average Bonchev–Trinajstić information content (AvgIpc) is 3.37. The van der Waals surface area contributed by atoms with E-state index >= 15 is 0 Å². The number of aryl methyl sites for hydroxylation is 1. The van der Waals surface area contributed by atoms with Crippen molar-refractivity contribution in [3.63, 3.8) is 0 Å². The minimum atomic E-state index is -0.220. The number of amides is 2. The Hall–Kier alpha value is -1.47. The fourth-order valence-electron chi connectivity index (χ4n) is 4.92. The molecule has 0 aromatic carbocycles. The maximum Gasteiger partial charge on any atom is 0.245 e. The monoisotopic (exact) mass is 404 g/mol. The number of carbonyl (C=O) groups excluding carboxylic acids is 2. The van der Waals surface area contributed by atoms with Crippen LogP contribution in [0, 0.1) is 12.8 Å². The third kappa shape index (κ3) is 4.40. The van der Waals surface area contributed by atoms with E-state index in [0.29, 0.717) is 0 Å². The van der Waals surface area contributed by atoms with Gasteiger partial charge < -0.3 is 9.80 Å². The molecule has 0 bridgehead atoms. The molecule has 6 nitrogen and oxygen atoms in total. The van der Waals surface area contributed by atoms with Crippen molar-refractivity contribution in [1.82, 2.24) is 19.7 Å². The number of nitrogens with zero attached hydrogens (tertiary/aromatic N) is 4. The van der Waals surface area contributed by atoms with E-state index in [2.05, 4.69) is 15.3 Å². The molecule has 1 aromatic heterocycles. The lowest BCUT2D eigenvalue weighted by Crippen LogP contribution is -2.54. The molecule has 1 saturated carbocycles. The van der Waals surface area contributed by atoms with Gasteiger partial charge in [-0.1, -0.05) is 19.3 Å². The van der Waals surface area contributed by atoms with Crippen LogP contribution in [-0.2, 0) is 16.1 Å². The summed E-state index contributed by atoms with van der Waals surface area (Å²) < 4.78 is 0. The number of aromatic nitrogens is 1. The summed E-state index contributed by atoms with van der Waals surface area (Å²) in [4.78, 5) is 37.0. The van der Waals surface area contributed by atoms with E-state index < -0.39 is 0 Å². The molecule has 154 valence electrons. The first-order chi connectivity index (χ1) is 13.6. The summed E-state index contributed by atoms with van der Waals surface area (Å²) in [7, 11) is 0. The maximum absolute atomic E-state index is 13.2. The fourth-order valence-corrected chi connectivity index (χ4v) is 5.52. The van der Waals surface area contributed by atoms with Gasteiger partial charge in [-0.2, -0.15) is 0 Å². The van der Waals surface area contributed by atoms with Gasteiger partial charge in [0.25, 0.3) is 0 Å². The molecule has 1 unspecified atom stereocenters. The number of thiazole rings is 1. The molecule has 4 rings (SSSR count). The largest absolute Gasteiger partial charge is 0.338 e. The van der Waals surface area contributed by atoms with Crippen molar-refractivity contribution in [3.05, 3.63) is 16.1 Å². The Balaban J connectivity index is 1.30. The Bertz CT molecular complexity index is 692. The predicted octanol–water partition coefficient (Wildman–Crippen LogP) is 2.67. The second-order valence-electron chi connectivity index (χ2n) is 8.48. The molecule has 0 N–H and O–H groups in total. The van der Waals surface area contributed by atoms with Crippen LogP contribution >= 0.6 is 11.3 Å². The maximum atomic E-state index is 13.2. The first kappa shape index (κ1) is 19.8. The van der Waals surface area contributed by atoms with Crippen LogP contribution < -0.4 is 0 Å². The Morgan fingerprint density at radius 3 is 2.43 bits per heavy atom. The van der Waals surface area contributed by atoms with Gasteiger partial charge in [0.15, 0.2) is 0 Å². The first-order valence-corrected chi connectivity index (χ1v) is 11.7. The van der Waals surface area contributed by atoms with E-state index in [1.165, 1.54) is 6.42 Å². The zero-order chi connectivity index (χ0) is 19.5. The Labute approximate surface area is 171 Å². The third-order valence-electron chi connectivity index (χ3n) is 6.51. The fraction of sp³-hybridized carbons (Fsp3) is 0.762. The van der Waals surface area contributed by atoms with Crippen molar-refractivity contribution in [1.29, 1.82) is 0 Å². The minimum absolute atomic E-state index is 0.153. The molecule has 3 fully saturated rings. The molecule has 3 aliphatic rings. The quantitative estimate of drug-likeness (QED) is 0.774. The van der Waals surface area contributed by atoms with Crippen molar-refractivity contribution in [2.24, 2.45) is 5.92 Å². The van der Waals surface area contributed by atoms with Crippen molar-refractivity contribution < 1.29 is 9.59 Å². The highest BCUT2D eigenvalue weighted by Gasteiger charge is 2.39. The van der Waals surface area contributed by atoms with Crippen LogP contribution in [0.15, 0.2) is 5.38 Å². The molecule has 2 saturated heterocycles. The summed E-state index contributed by atoms with van der Waals surface area (Å²) >= 11 is 1.69. The summed E-state index contributed by atoms with van der Waals surface area (Å²) in [6, 6.07) is -0.220. The van der Waals surface area contributed by atoms with E-state index in [0.717, 1.165) is 88.5 Å². The van der Waals surface area contributed by atoms with Crippen LogP contribution in [-0.4, -0.2) is 70.3 Å². The third-order valence-corrected chi connectivity index (χ3v) is 7.33. The smallest absolute Gasteiger partial charge is 0.245 e. The topological polar surface area (TPSA) is 56.8 Å². The zero-order valence-electron chi connectivity index (χ0n) is 16.9. The van der Waals surface area contributed by atoms with E-state index in [4.69, 9.17) is 0 Å². The van der Waals surface area contributed by atoms with Crippen LogP contribution in [0.1, 0.15) is 55.6 Å². The summed E-state index contributed by atoms with van der Waals surface area (Å²) in [5, 5.41) is 3.23. The minimum Gasteiger partial charge on any atom is -0.338 e. The molecule has 28 heavy (non-hydrogen) atoms. The number of piperazine rings is 1. The normalized spacial score (nSPS) is 24.7. The van der Waals surface area contributed by atoms with Gasteiger partial charge in [0, 0.05) is 50.6 Å². The van der Waals surface area contributed by atoms with Crippen molar-refractivity contribution in [3.8, 4) is 0 Å². The first-order valence-electron chi connectivity index (χ1n) is 10.8. The van der Waals surface area contributed by atoms with Gasteiger partial charge in [0.1, 0.15) is 6.04 Å². The molecule has 0 radical (unpaired) electrons. The molecule has 2 amide bonds. The second kappa shape index (κ2) is 8.91. The number of hydrogen-bond donors (Lipinski definition) is 0. The molecule has 3 heterocycles. The standard InChI is InChI=1S/C21H32N4O2S/c1-16-22-18(15-28-16)14-23-10-12-24(13-11-23)21(27)19-8-5-9-25(19)20(26)17-6-3-2-4-7-17/h15,17,19H,2-14H2,1H3. The molecule has 1 aromatic rings. The highest BCUT2D eigenvalue weighted by atomic mass is 32.1. The van der Waals surface area contributed by atoms with Crippen molar-refractivity contribution >= 4 is 23.2 Å². The number of carbonyl (C=O) groups is 2. The van der Waals surface area contributed by atoms with Gasteiger partial charge in [-0.3, -0.25) is 14.5 Å². The predicted molar refractivity (Wildman–Crippen MR) is 110 cm³/mol. The van der Waals surface area contributed by atoms with Crippen LogP contribution in [0.5, 0.6) is 0 Å². The van der Waals surface area contributed by atoms with Crippen LogP contribution in [0.25, 0.3) is 0 Å². The van der Waals surface area contributed by atoms with Gasteiger partial charge in [0.2, 0.25) is 11.8 Å². The Morgan fingerprint density at radius 2 is 1.75 bits per heavy atom. The zero-order valence-corrected chi connectivity index (χ0v) is 17.8. The van der Waals surface area contributed by atoms with Gasteiger partial charge in [-0.25, -0.2) is 4.98 Å². The number of rotatable bonds is 4. The van der Waals surface area contributed by atoms with E-state index in [-0.39, 0.29) is 23.8 Å². The van der Waals surface area contributed by atoms with Crippen LogP contribution in [0.4, 0.5) is 0 Å². The van der Waals surface area contributed by atoms with Gasteiger partial charge in [-0.15, -0.1) is 11.3 Å². The van der Waals surface area contributed by atoms with E-state index in [9.17, 15) is 9.59 Å². The molecule has 2 aliphatic heterocycles. The summed E-state index contributed by atoms with van der Waals surface area (Å²) in [6.07, 6.45) is 7.35. The lowest BCUT2D eigenvalue weighted by molar-refractivity contribution is -0.147. The summed E-state index contributed by atoms with van der Waals surface area (Å²) in [5.74, 6) is 0.569. The lowest BCUT2D eigenvalue weighted by atomic mass is 9.88. The Kier molecular flexibility index (Phi) is 6.31. The second-order valence-corrected chi connectivity index (χ2v) is 9.55. The molecular weight excluding hydrogens is 372 g/mol. The molecule has 0 spiro atoms. The number of likely N-dealkylation sites (tertiary alicyclic amines) is 1. The molecule has 1 aliphatic carbocycles. The Morgan fingerprint density at radius 1 is 1.00 bits per heavy atom. The molecular formula is C21H32N4O2S. The van der Waals surface area contributed by atoms with Crippen LogP contribution in [0.2, 0.25) is 0 Å². The molecule has 1 atom stereocenters. The average molecular weight is 405 g/mol. The van der Waals surface area contributed by atoms with Gasteiger partial charge in [0.05, 0.1) is 10.7 Å². The highest BCUT2D eigenvalue weighted by molar-refractivity contribution is 7.09. The van der Waals surface area contributed by atoms with Gasteiger partial charge in [-0.05, 0) is 32.6 Å². The van der Waals surface area contributed by atoms with Crippen LogP contribution in [0.3, 0.4) is 0 Å². The van der Waals surface area contributed by atoms with Crippen molar-refractivity contribution in [2.75, 3.05) is 32.7 Å². The van der Waals surface area contributed by atoms with Crippen molar-refractivity contribution in [2.45, 2.75) is 64.5 Å². The number of hydrogen-bond acceptors (Lipinski definition) is 5. The summed E-state index contributed by atoms with van der Waals surface area (Å²) in [5.41, 5.74) is 1.13. The lowest BCUT2D eigenvalue weighted by Gasteiger charge is -2.38. The van der Waals surface area contributed by atoms with E-state index in [1.54, 1.807) is 11.3 Å². The van der Waals surface area contributed by atoms with E-state index in [1.807, 2.05) is 16.7 Å².